The Morgan fingerprint density at radius 2 is 2.12 bits per heavy atom. The molecule has 0 amide bonds. The fourth-order valence-corrected chi connectivity index (χ4v) is 2.36. The number of carbonyl (C=O) groups is 1. The average Bonchev–Trinajstić information content (AvgIpc) is 2.39. The highest BCUT2D eigenvalue weighted by molar-refractivity contribution is 5.87. The molecule has 16 heavy (non-hydrogen) atoms. The first-order valence-electron chi connectivity index (χ1n) is 6.00. The van der Waals surface area contributed by atoms with E-state index in [1.807, 2.05) is 6.92 Å². The lowest BCUT2D eigenvalue weighted by Crippen LogP contribution is -2.66. The standard InChI is InChI=1S/C11H20N2O3/c1-2-10(14)11(9-12-3-6-16-11)13-4-7-15-8-5-13/h12H,2-9H2,1H3. The van der Waals surface area contributed by atoms with Crippen molar-refractivity contribution in [1.82, 2.24) is 10.2 Å². The van der Waals surface area contributed by atoms with Gasteiger partial charge in [0.15, 0.2) is 11.5 Å². The van der Waals surface area contributed by atoms with E-state index in [-0.39, 0.29) is 5.78 Å². The Bertz CT molecular complexity index is 246. The fraction of sp³-hybridized carbons (Fsp3) is 0.909. The first-order chi connectivity index (χ1) is 7.79. The summed E-state index contributed by atoms with van der Waals surface area (Å²) < 4.78 is 11.1. The van der Waals surface area contributed by atoms with Crippen LogP contribution in [0.2, 0.25) is 0 Å². The third-order valence-electron chi connectivity index (χ3n) is 3.26. The maximum absolute atomic E-state index is 12.1. The molecular weight excluding hydrogens is 208 g/mol. The smallest absolute Gasteiger partial charge is 0.193 e. The zero-order chi connectivity index (χ0) is 11.4. The van der Waals surface area contributed by atoms with Crippen LogP contribution in [0, 0.1) is 0 Å². The molecule has 0 aromatic carbocycles. The molecule has 0 aromatic heterocycles. The molecule has 0 aromatic rings. The van der Waals surface area contributed by atoms with Gasteiger partial charge in [-0.25, -0.2) is 0 Å². The number of ether oxygens (including phenoxy) is 2. The van der Waals surface area contributed by atoms with E-state index < -0.39 is 5.72 Å². The summed E-state index contributed by atoms with van der Waals surface area (Å²) in [5.74, 6) is 0.168. The summed E-state index contributed by atoms with van der Waals surface area (Å²) in [6, 6.07) is 0. The molecule has 0 radical (unpaired) electrons. The van der Waals surface area contributed by atoms with Gasteiger partial charge in [0, 0.05) is 32.6 Å². The van der Waals surface area contributed by atoms with Crippen LogP contribution in [0.15, 0.2) is 0 Å². The Balaban J connectivity index is 2.14. The molecule has 0 aliphatic carbocycles. The van der Waals surface area contributed by atoms with E-state index in [0.717, 1.165) is 19.6 Å². The van der Waals surface area contributed by atoms with Crippen LogP contribution in [-0.2, 0) is 14.3 Å². The molecule has 1 atom stereocenters. The number of hydrogen-bond donors (Lipinski definition) is 1. The Morgan fingerprint density at radius 1 is 1.38 bits per heavy atom. The maximum Gasteiger partial charge on any atom is 0.193 e. The third kappa shape index (κ3) is 2.13. The van der Waals surface area contributed by atoms with E-state index in [2.05, 4.69) is 10.2 Å². The Morgan fingerprint density at radius 3 is 2.69 bits per heavy atom. The van der Waals surface area contributed by atoms with Crippen molar-refractivity contribution >= 4 is 5.78 Å². The van der Waals surface area contributed by atoms with Gasteiger partial charge in [0.1, 0.15) is 0 Å². The van der Waals surface area contributed by atoms with Gasteiger partial charge >= 0.3 is 0 Å². The summed E-state index contributed by atoms with van der Waals surface area (Å²) in [5.41, 5.74) is -0.739. The van der Waals surface area contributed by atoms with E-state index in [4.69, 9.17) is 9.47 Å². The Labute approximate surface area is 96.1 Å². The summed E-state index contributed by atoms with van der Waals surface area (Å²) in [4.78, 5) is 14.3. The number of nitrogens with one attached hydrogen (secondary N) is 1. The minimum Gasteiger partial charge on any atom is -0.379 e. The van der Waals surface area contributed by atoms with Gasteiger partial charge in [-0.15, -0.1) is 0 Å². The molecule has 5 nitrogen and oxygen atoms in total. The van der Waals surface area contributed by atoms with Gasteiger partial charge < -0.3 is 14.8 Å². The predicted octanol–water partition coefficient (Wildman–Crippen LogP) is -0.386. The van der Waals surface area contributed by atoms with Crippen LogP contribution in [0.5, 0.6) is 0 Å². The van der Waals surface area contributed by atoms with Gasteiger partial charge in [-0.2, -0.15) is 0 Å². The maximum atomic E-state index is 12.1. The third-order valence-corrected chi connectivity index (χ3v) is 3.26. The van der Waals surface area contributed by atoms with Crippen LogP contribution in [0.1, 0.15) is 13.3 Å². The van der Waals surface area contributed by atoms with Crippen molar-refractivity contribution in [3.63, 3.8) is 0 Å². The molecule has 2 saturated heterocycles. The fourth-order valence-electron chi connectivity index (χ4n) is 2.36. The van der Waals surface area contributed by atoms with Gasteiger partial charge in [0.05, 0.1) is 19.8 Å². The van der Waals surface area contributed by atoms with Crippen molar-refractivity contribution in [2.75, 3.05) is 46.0 Å². The normalized spacial score (nSPS) is 32.6. The number of nitrogens with zero attached hydrogens (tertiary/aromatic N) is 1. The zero-order valence-corrected chi connectivity index (χ0v) is 9.83. The minimum atomic E-state index is -0.739. The Hall–Kier alpha value is -0.490. The van der Waals surface area contributed by atoms with Gasteiger partial charge in [-0.1, -0.05) is 6.92 Å². The second kappa shape index (κ2) is 5.23. The SMILES string of the molecule is CCC(=O)C1(N2CCOCC2)CNCCO1. The van der Waals surface area contributed by atoms with Gasteiger partial charge in [0.2, 0.25) is 0 Å². The largest absolute Gasteiger partial charge is 0.379 e. The summed E-state index contributed by atoms with van der Waals surface area (Å²) in [6.07, 6.45) is 0.513. The van der Waals surface area contributed by atoms with Gasteiger partial charge in [0.25, 0.3) is 0 Å². The number of Topliss-reactive ketones (excluding diaryl/α,β-unsaturated/α-hetero) is 1. The van der Waals surface area contributed by atoms with E-state index in [1.54, 1.807) is 0 Å². The molecule has 2 rings (SSSR count). The molecular formula is C11H20N2O3. The van der Waals surface area contributed by atoms with Gasteiger partial charge in [-0.3, -0.25) is 9.69 Å². The van der Waals surface area contributed by atoms with Gasteiger partial charge in [-0.05, 0) is 0 Å². The van der Waals surface area contributed by atoms with E-state index in [0.29, 0.717) is 32.8 Å². The number of morpholine rings is 2. The Kier molecular flexibility index (Phi) is 3.91. The van der Waals surface area contributed by atoms with Crippen LogP contribution in [0.4, 0.5) is 0 Å². The van der Waals surface area contributed by atoms with Crippen LogP contribution < -0.4 is 5.32 Å². The first-order valence-corrected chi connectivity index (χ1v) is 6.00. The summed E-state index contributed by atoms with van der Waals surface area (Å²) in [5, 5.41) is 3.26. The molecule has 0 spiro atoms. The molecule has 5 heteroatoms. The molecule has 2 heterocycles. The zero-order valence-electron chi connectivity index (χ0n) is 9.83. The number of ketones is 1. The predicted molar refractivity (Wildman–Crippen MR) is 59.2 cm³/mol. The number of rotatable bonds is 3. The van der Waals surface area contributed by atoms with Crippen molar-refractivity contribution in [3.05, 3.63) is 0 Å². The highest BCUT2D eigenvalue weighted by Crippen LogP contribution is 2.23. The minimum absolute atomic E-state index is 0.168. The molecule has 0 saturated carbocycles. The van der Waals surface area contributed by atoms with Crippen LogP contribution >= 0.6 is 0 Å². The lowest BCUT2D eigenvalue weighted by atomic mass is 10.0. The molecule has 0 bridgehead atoms. The average molecular weight is 228 g/mol. The van der Waals surface area contributed by atoms with Crippen molar-refractivity contribution in [2.45, 2.75) is 19.1 Å². The van der Waals surface area contributed by atoms with E-state index in [9.17, 15) is 4.79 Å². The second-order valence-electron chi connectivity index (χ2n) is 4.19. The quantitative estimate of drug-likeness (QED) is 0.713. The molecule has 1 N–H and O–H groups in total. The lowest BCUT2D eigenvalue weighted by Gasteiger charge is -2.46. The molecule has 1 unspecified atom stereocenters. The number of hydrogen-bond acceptors (Lipinski definition) is 5. The lowest BCUT2D eigenvalue weighted by molar-refractivity contribution is -0.195. The summed E-state index contributed by atoms with van der Waals surface area (Å²) in [7, 11) is 0. The van der Waals surface area contributed by atoms with Crippen LogP contribution in [0.3, 0.4) is 0 Å². The first kappa shape index (κ1) is 12.0. The summed E-state index contributed by atoms with van der Waals surface area (Å²) in [6.45, 7) is 6.82. The molecule has 2 aliphatic heterocycles. The molecule has 92 valence electrons. The number of carbonyl (C=O) groups excluding carboxylic acids is 1. The van der Waals surface area contributed by atoms with Crippen molar-refractivity contribution in [1.29, 1.82) is 0 Å². The van der Waals surface area contributed by atoms with E-state index >= 15 is 0 Å². The highest BCUT2D eigenvalue weighted by Gasteiger charge is 2.45. The van der Waals surface area contributed by atoms with Crippen LogP contribution in [0.25, 0.3) is 0 Å². The van der Waals surface area contributed by atoms with Crippen molar-refractivity contribution < 1.29 is 14.3 Å². The van der Waals surface area contributed by atoms with E-state index in [1.165, 1.54) is 0 Å². The highest BCUT2D eigenvalue weighted by atomic mass is 16.5. The topological polar surface area (TPSA) is 50.8 Å². The van der Waals surface area contributed by atoms with Crippen molar-refractivity contribution in [3.8, 4) is 0 Å². The second-order valence-corrected chi connectivity index (χ2v) is 4.19. The monoisotopic (exact) mass is 228 g/mol. The summed E-state index contributed by atoms with van der Waals surface area (Å²) >= 11 is 0. The molecule has 2 fully saturated rings. The van der Waals surface area contributed by atoms with Crippen molar-refractivity contribution in [2.24, 2.45) is 0 Å². The molecule has 2 aliphatic rings. The van der Waals surface area contributed by atoms with Crippen LogP contribution in [-0.4, -0.2) is 62.4 Å².